The molecule has 22 heavy (non-hydrogen) atoms. The number of carbonyl (C=O) groups is 1. The van der Waals surface area contributed by atoms with E-state index in [0.29, 0.717) is 19.7 Å². The Labute approximate surface area is 132 Å². The molecule has 6 nitrogen and oxygen atoms in total. The summed E-state index contributed by atoms with van der Waals surface area (Å²) in [6.07, 6.45) is 0. The fourth-order valence-electron chi connectivity index (χ4n) is 2.28. The van der Waals surface area contributed by atoms with Gasteiger partial charge in [0.05, 0.1) is 13.7 Å². The van der Waals surface area contributed by atoms with Crippen molar-refractivity contribution in [1.82, 2.24) is 15.1 Å². The van der Waals surface area contributed by atoms with E-state index >= 15 is 0 Å². The fraction of sp³-hybridized carbons (Fsp3) is 0.562. The van der Waals surface area contributed by atoms with Crippen LogP contribution in [0.4, 0.5) is 0 Å². The molecule has 0 unspecified atom stereocenters. The number of nitrogens with one attached hydrogen (secondary N) is 1. The number of hydrogen-bond donors (Lipinski definition) is 1. The molecule has 6 heteroatoms. The van der Waals surface area contributed by atoms with Crippen molar-refractivity contribution >= 4 is 5.91 Å². The number of nitrogens with zero attached hydrogens (tertiary/aromatic N) is 2. The number of hydrogen-bond acceptors (Lipinski definition) is 5. The summed E-state index contributed by atoms with van der Waals surface area (Å²) in [5.74, 6) is 1.77. The number of benzene rings is 1. The maximum atomic E-state index is 12.0. The Bertz CT molecular complexity index is 456. The summed E-state index contributed by atoms with van der Waals surface area (Å²) in [5.41, 5.74) is 0. The molecule has 122 valence electrons. The monoisotopic (exact) mass is 307 g/mol. The van der Waals surface area contributed by atoms with Gasteiger partial charge >= 0.3 is 0 Å². The second-order valence-electron chi connectivity index (χ2n) is 5.38. The predicted molar refractivity (Wildman–Crippen MR) is 85.4 cm³/mol. The average Bonchev–Trinajstić information content (AvgIpc) is 2.55. The molecule has 0 radical (unpaired) electrons. The first-order valence-electron chi connectivity index (χ1n) is 7.63. The van der Waals surface area contributed by atoms with Crippen LogP contribution in [0.25, 0.3) is 0 Å². The third-order valence-electron chi connectivity index (χ3n) is 3.74. The lowest BCUT2D eigenvalue weighted by Crippen LogP contribution is -2.49. The molecule has 0 aromatic heterocycles. The van der Waals surface area contributed by atoms with Crippen LogP contribution < -0.4 is 14.8 Å². The molecule has 2 rings (SSSR count). The van der Waals surface area contributed by atoms with Crippen molar-refractivity contribution in [3.63, 3.8) is 0 Å². The molecule has 1 heterocycles. The number of ether oxygens (including phenoxy) is 2. The van der Waals surface area contributed by atoms with Gasteiger partial charge in [-0.05, 0) is 31.3 Å². The van der Waals surface area contributed by atoms with Gasteiger partial charge in [0.1, 0.15) is 18.1 Å². The molecular weight excluding hydrogens is 282 g/mol. The molecule has 0 saturated carbocycles. The molecule has 1 N–H and O–H groups in total. The van der Waals surface area contributed by atoms with Crippen LogP contribution in [0.5, 0.6) is 11.5 Å². The largest absolute Gasteiger partial charge is 0.497 e. The maximum absolute atomic E-state index is 12.0. The van der Waals surface area contributed by atoms with Crippen molar-refractivity contribution in [2.45, 2.75) is 0 Å². The van der Waals surface area contributed by atoms with Crippen LogP contribution in [0.1, 0.15) is 0 Å². The van der Waals surface area contributed by atoms with E-state index in [9.17, 15) is 4.79 Å². The van der Waals surface area contributed by atoms with Gasteiger partial charge in [0.2, 0.25) is 5.91 Å². The van der Waals surface area contributed by atoms with Gasteiger partial charge in [0.25, 0.3) is 0 Å². The molecule has 1 amide bonds. The van der Waals surface area contributed by atoms with E-state index in [4.69, 9.17) is 9.47 Å². The first kappa shape index (κ1) is 16.6. The Kier molecular flexibility index (Phi) is 6.48. The van der Waals surface area contributed by atoms with E-state index in [1.165, 1.54) is 0 Å². The first-order valence-corrected chi connectivity index (χ1v) is 7.63. The van der Waals surface area contributed by atoms with Crippen LogP contribution in [-0.4, -0.2) is 75.7 Å². The SMILES string of the molecule is COc1ccc(OCCNCC(=O)N2CCN(C)CC2)cc1. The van der Waals surface area contributed by atoms with Crippen molar-refractivity contribution in [3.05, 3.63) is 24.3 Å². The number of likely N-dealkylation sites (N-methyl/N-ethyl adjacent to an activating group) is 1. The highest BCUT2D eigenvalue weighted by atomic mass is 16.5. The van der Waals surface area contributed by atoms with Crippen molar-refractivity contribution < 1.29 is 14.3 Å². The lowest BCUT2D eigenvalue weighted by Gasteiger charge is -2.32. The minimum atomic E-state index is 0.164. The summed E-state index contributed by atoms with van der Waals surface area (Å²) in [7, 11) is 3.72. The van der Waals surface area contributed by atoms with Gasteiger partial charge in [-0.1, -0.05) is 0 Å². The van der Waals surface area contributed by atoms with Crippen LogP contribution in [0.2, 0.25) is 0 Å². The van der Waals surface area contributed by atoms with Gasteiger partial charge < -0.3 is 24.6 Å². The van der Waals surface area contributed by atoms with Gasteiger partial charge in [-0.2, -0.15) is 0 Å². The smallest absolute Gasteiger partial charge is 0.236 e. The molecule has 0 bridgehead atoms. The zero-order valence-corrected chi connectivity index (χ0v) is 13.4. The van der Waals surface area contributed by atoms with Crippen molar-refractivity contribution in [3.8, 4) is 11.5 Å². The van der Waals surface area contributed by atoms with Crippen LogP contribution >= 0.6 is 0 Å². The van der Waals surface area contributed by atoms with Gasteiger partial charge in [0, 0.05) is 32.7 Å². The Hall–Kier alpha value is -1.79. The predicted octanol–water partition coefficient (Wildman–Crippen LogP) is 0.438. The fourth-order valence-corrected chi connectivity index (χ4v) is 2.28. The lowest BCUT2D eigenvalue weighted by molar-refractivity contribution is -0.131. The Balaban J connectivity index is 1.57. The van der Waals surface area contributed by atoms with E-state index in [2.05, 4.69) is 17.3 Å². The van der Waals surface area contributed by atoms with E-state index in [0.717, 1.165) is 37.7 Å². The van der Waals surface area contributed by atoms with E-state index < -0.39 is 0 Å². The van der Waals surface area contributed by atoms with Crippen LogP contribution in [0, 0.1) is 0 Å². The standard InChI is InChI=1S/C16H25N3O3/c1-18-8-10-19(11-9-18)16(20)13-17-7-12-22-15-5-3-14(21-2)4-6-15/h3-6,17H,7-13H2,1-2H3. The molecule has 1 fully saturated rings. The number of carbonyl (C=O) groups excluding carboxylic acids is 1. The molecule has 1 aliphatic rings. The van der Waals surface area contributed by atoms with Crippen molar-refractivity contribution in [2.24, 2.45) is 0 Å². The Morgan fingerprint density at radius 2 is 1.77 bits per heavy atom. The molecule has 1 aromatic carbocycles. The Morgan fingerprint density at radius 1 is 1.14 bits per heavy atom. The average molecular weight is 307 g/mol. The highest BCUT2D eigenvalue weighted by molar-refractivity contribution is 5.78. The minimum absolute atomic E-state index is 0.164. The van der Waals surface area contributed by atoms with Gasteiger partial charge in [0.15, 0.2) is 0 Å². The number of piperazine rings is 1. The van der Waals surface area contributed by atoms with Crippen molar-refractivity contribution in [1.29, 1.82) is 0 Å². The summed E-state index contributed by atoms with van der Waals surface area (Å²) in [6.45, 7) is 5.08. The van der Waals surface area contributed by atoms with Gasteiger partial charge in [-0.25, -0.2) is 0 Å². The minimum Gasteiger partial charge on any atom is -0.497 e. The normalized spacial score (nSPS) is 15.6. The lowest BCUT2D eigenvalue weighted by atomic mass is 10.3. The maximum Gasteiger partial charge on any atom is 0.236 e. The van der Waals surface area contributed by atoms with E-state index in [-0.39, 0.29) is 5.91 Å². The molecule has 0 spiro atoms. The summed E-state index contributed by atoms with van der Waals surface area (Å²) < 4.78 is 10.7. The van der Waals surface area contributed by atoms with E-state index in [1.54, 1.807) is 7.11 Å². The number of amides is 1. The zero-order valence-electron chi connectivity index (χ0n) is 13.4. The highest BCUT2D eigenvalue weighted by Crippen LogP contribution is 2.16. The topological polar surface area (TPSA) is 54.0 Å². The quantitative estimate of drug-likeness (QED) is 0.741. The first-order chi connectivity index (χ1) is 10.7. The second kappa shape index (κ2) is 8.60. The number of methoxy groups -OCH3 is 1. The van der Waals surface area contributed by atoms with Crippen molar-refractivity contribution in [2.75, 3.05) is 60.0 Å². The molecule has 1 aromatic rings. The summed E-state index contributed by atoms with van der Waals surface area (Å²) >= 11 is 0. The molecule has 1 saturated heterocycles. The second-order valence-corrected chi connectivity index (χ2v) is 5.38. The van der Waals surface area contributed by atoms with Crippen LogP contribution in [0.15, 0.2) is 24.3 Å². The molecule has 0 aliphatic carbocycles. The zero-order chi connectivity index (χ0) is 15.8. The van der Waals surface area contributed by atoms with Gasteiger partial charge in [-0.3, -0.25) is 4.79 Å². The molecule has 1 aliphatic heterocycles. The highest BCUT2D eigenvalue weighted by Gasteiger charge is 2.18. The third kappa shape index (κ3) is 5.20. The molecular formula is C16H25N3O3. The van der Waals surface area contributed by atoms with E-state index in [1.807, 2.05) is 29.2 Å². The summed E-state index contributed by atoms with van der Waals surface area (Å²) in [6, 6.07) is 7.46. The van der Waals surface area contributed by atoms with Crippen LogP contribution in [-0.2, 0) is 4.79 Å². The third-order valence-corrected chi connectivity index (χ3v) is 3.74. The van der Waals surface area contributed by atoms with Gasteiger partial charge in [-0.15, -0.1) is 0 Å². The Morgan fingerprint density at radius 3 is 2.41 bits per heavy atom. The van der Waals surface area contributed by atoms with Crippen LogP contribution in [0.3, 0.4) is 0 Å². The molecule has 0 atom stereocenters. The summed E-state index contributed by atoms with van der Waals surface area (Å²) in [5, 5.41) is 3.13. The number of rotatable bonds is 7. The summed E-state index contributed by atoms with van der Waals surface area (Å²) in [4.78, 5) is 16.1.